The molecule has 0 saturated carbocycles. The first-order valence-electron chi connectivity index (χ1n) is 23.7. The van der Waals surface area contributed by atoms with E-state index in [1.165, 1.54) is 0 Å². The van der Waals surface area contributed by atoms with E-state index in [2.05, 4.69) is 55.4 Å². The molecule has 8 rings (SSSR count). The van der Waals surface area contributed by atoms with Crippen molar-refractivity contribution < 1.29 is 56.8 Å². The molecule has 0 aromatic heterocycles. The highest BCUT2D eigenvalue weighted by atomic mass is 16.7. The molecule has 4 fully saturated rings. The first-order valence-corrected chi connectivity index (χ1v) is 23.7. The molecule has 4 aliphatic rings. The minimum atomic E-state index is -0.656. The Balaban J connectivity index is 1.10. The Hall–Kier alpha value is -4.24. The molecular weight excluding hydrogens is 853 g/mol. The molecule has 0 N–H and O–H groups in total. The summed E-state index contributed by atoms with van der Waals surface area (Å²) < 4.78 is 77.0. The Bertz CT molecular complexity index is 2050. The summed E-state index contributed by atoms with van der Waals surface area (Å²) in [5.41, 5.74) is 2.07. The van der Waals surface area contributed by atoms with E-state index < -0.39 is 36.0 Å². The fourth-order valence-corrected chi connectivity index (χ4v) is 9.77. The molecule has 4 aromatic rings. The zero-order chi connectivity index (χ0) is 47.7. The molecule has 10 atom stereocenters. The maximum absolute atomic E-state index is 7.18. The van der Waals surface area contributed by atoms with E-state index in [1.54, 1.807) is 28.4 Å². The number of hydrogen-bond donors (Lipinski definition) is 0. The number of benzene rings is 4. The predicted molar refractivity (Wildman–Crippen MR) is 253 cm³/mol. The summed E-state index contributed by atoms with van der Waals surface area (Å²) in [4.78, 5) is 0. The average Bonchev–Trinajstić information content (AvgIpc) is 3.32. The van der Waals surface area contributed by atoms with Crippen LogP contribution in [-0.2, 0) is 37.9 Å². The normalized spacial score (nSPS) is 31.0. The van der Waals surface area contributed by atoms with Gasteiger partial charge >= 0.3 is 0 Å². The highest BCUT2D eigenvalue weighted by molar-refractivity contribution is 5.31. The molecule has 0 bridgehead atoms. The van der Waals surface area contributed by atoms with Crippen LogP contribution in [0.15, 0.2) is 97.1 Å². The van der Waals surface area contributed by atoms with Crippen molar-refractivity contribution in [2.24, 2.45) is 21.7 Å². The number of methoxy groups -OCH3 is 4. The summed E-state index contributed by atoms with van der Waals surface area (Å²) in [6.07, 6.45) is -2.15. The Morgan fingerprint density at radius 2 is 0.567 bits per heavy atom. The molecule has 4 heterocycles. The lowest BCUT2D eigenvalue weighted by Gasteiger charge is -2.54. The standard InChI is InChI=1S/C55H72O12/c1-52(2)32-60-48(34-13-21-38(56-9)22-14-34)62-42(52)29-44-54(5,6)46(66-50(64-44)36-17-25-40(58-11)26-18-36)31-47-55(7,8)45(65-51(67-47)37-19-27-41(59-12)28-20-37)30-43-53(3,4)33-61-49(63-43)35-15-23-39(57-10)24-16-35/h13-28,42-51H,29-33H2,1-12H3/t42-,43-,44-,45-,46+,47+,48+,49+,50-,51-/m0/s1. The Morgan fingerprint density at radius 3 is 0.821 bits per heavy atom. The van der Waals surface area contributed by atoms with Gasteiger partial charge in [0.25, 0.3) is 0 Å². The van der Waals surface area contributed by atoms with Gasteiger partial charge in [-0.25, -0.2) is 0 Å². The van der Waals surface area contributed by atoms with E-state index >= 15 is 0 Å². The van der Waals surface area contributed by atoms with Gasteiger partial charge < -0.3 is 56.8 Å². The van der Waals surface area contributed by atoms with Gasteiger partial charge in [0.15, 0.2) is 25.2 Å². The van der Waals surface area contributed by atoms with Crippen LogP contribution in [0.3, 0.4) is 0 Å². The van der Waals surface area contributed by atoms with Gasteiger partial charge in [0.05, 0.1) is 78.3 Å². The smallest absolute Gasteiger partial charge is 0.184 e. The topological polar surface area (TPSA) is 111 Å². The fraction of sp³-hybridized carbons (Fsp3) is 0.564. The summed E-state index contributed by atoms with van der Waals surface area (Å²) in [5, 5.41) is 0. The van der Waals surface area contributed by atoms with Gasteiger partial charge in [0, 0.05) is 63.2 Å². The molecule has 12 nitrogen and oxygen atoms in total. The molecule has 4 aliphatic heterocycles. The molecule has 0 aliphatic carbocycles. The molecule has 364 valence electrons. The highest BCUT2D eigenvalue weighted by Crippen LogP contribution is 2.53. The first kappa shape index (κ1) is 49.2. The van der Waals surface area contributed by atoms with Crippen LogP contribution in [0, 0.1) is 21.7 Å². The summed E-state index contributed by atoms with van der Waals surface area (Å²) in [6, 6.07) is 31.6. The molecule has 0 radical (unpaired) electrons. The lowest BCUT2D eigenvalue weighted by Crippen LogP contribution is -2.57. The van der Waals surface area contributed by atoms with Crippen LogP contribution in [0.25, 0.3) is 0 Å². The number of rotatable bonds is 14. The summed E-state index contributed by atoms with van der Waals surface area (Å²) in [7, 11) is 6.67. The van der Waals surface area contributed by atoms with Crippen LogP contribution < -0.4 is 18.9 Å². The minimum Gasteiger partial charge on any atom is -0.497 e. The third kappa shape index (κ3) is 10.7. The van der Waals surface area contributed by atoms with Crippen LogP contribution in [-0.4, -0.2) is 78.3 Å². The van der Waals surface area contributed by atoms with Crippen molar-refractivity contribution in [1.29, 1.82) is 0 Å². The maximum atomic E-state index is 7.18. The molecule has 0 unspecified atom stereocenters. The monoisotopic (exact) mass is 925 g/mol. The van der Waals surface area contributed by atoms with Crippen LogP contribution in [0.4, 0.5) is 0 Å². The van der Waals surface area contributed by atoms with E-state index in [9.17, 15) is 0 Å². The van der Waals surface area contributed by atoms with Crippen LogP contribution in [0.5, 0.6) is 23.0 Å². The summed E-state index contributed by atoms with van der Waals surface area (Å²) in [5.74, 6) is 3.08. The van der Waals surface area contributed by atoms with Crippen molar-refractivity contribution in [2.45, 2.75) is 136 Å². The molecule has 4 saturated heterocycles. The third-order valence-electron chi connectivity index (χ3n) is 14.8. The van der Waals surface area contributed by atoms with Gasteiger partial charge in [0.2, 0.25) is 0 Å². The summed E-state index contributed by atoms with van der Waals surface area (Å²) >= 11 is 0. The van der Waals surface area contributed by atoms with Crippen LogP contribution in [0.1, 0.15) is 122 Å². The van der Waals surface area contributed by atoms with E-state index in [4.69, 9.17) is 56.8 Å². The fourth-order valence-electron chi connectivity index (χ4n) is 9.77. The first-order chi connectivity index (χ1) is 31.9. The summed E-state index contributed by atoms with van der Waals surface area (Å²) in [6.45, 7) is 18.9. The van der Waals surface area contributed by atoms with Crippen molar-refractivity contribution >= 4 is 0 Å². The van der Waals surface area contributed by atoms with Gasteiger partial charge in [0.1, 0.15) is 23.0 Å². The molecule has 67 heavy (non-hydrogen) atoms. The van der Waals surface area contributed by atoms with Gasteiger partial charge in [-0.3, -0.25) is 0 Å². The minimum absolute atomic E-state index is 0.197. The van der Waals surface area contributed by atoms with Crippen LogP contribution >= 0.6 is 0 Å². The Kier molecular flexibility index (Phi) is 14.7. The molecule has 0 amide bonds. The van der Waals surface area contributed by atoms with E-state index in [-0.39, 0.29) is 47.5 Å². The van der Waals surface area contributed by atoms with E-state index in [1.807, 2.05) is 97.1 Å². The second kappa shape index (κ2) is 20.0. The largest absolute Gasteiger partial charge is 0.497 e. The second-order valence-electron chi connectivity index (χ2n) is 21.1. The predicted octanol–water partition coefficient (Wildman–Crippen LogP) is 11.5. The molecule has 12 heteroatoms. The SMILES string of the molecule is COc1ccc([C@@H]2OCC(C)(C)[C@H](C[C@@H]3O[C@H](c4ccc(OC)cc4)O[C@H](C[C@H]4O[C@@H](c5ccc(OC)cc5)O[C@@H](C[C@@H]5O[C@H](c6ccc(OC)cc6)OCC5(C)C)C4(C)C)C3(C)C)O2)cc1. The van der Waals surface area contributed by atoms with Gasteiger partial charge in [-0.2, -0.15) is 0 Å². The van der Waals surface area contributed by atoms with Crippen molar-refractivity contribution in [3.05, 3.63) is 119 Å². The van der Waals surface area contributed by atoms with Crippen molar-refractivity contribution in [2.75, 3.05) is 41.7 Å². The van der Waals surface area contributed by atoms with Crippen molar-refractivity contribution in [1.82, 2.24) is 0 Å². The molecule has 0 spiro atoms. The quantitative estimate of drug-likeness (QED) is 0.120. The Morgan fingerprint density at radius 1 is 0.343 bits per heavy atom. The lowest BCUT2D eigenvalue weighted by molar-refractivity contribution is -0.344. The second-order valence-corrected chi connectivity index (χ2v) is 21.1. The third-order valence-corrected chi connectivity index (χ3v) is 14.8. The van der Waals surface area contributed by atoms with Crippen molar-refractivity contribution in [3.63, 3.8) is 0 Å². The number of hydrogen-bond acceptors (Lipinski definition) is 12. The maximum Gasteiger partial charge on any atom is 0.184 e. The van der Waals surface area contributed by atoms with Gasteiger partial charge in [-0.05, 0) is 48.5 Å². The van der Waals surface area contributed by atoms with Crippen LogP contribution in [0.2, 0.25) is 0 Å². The Labute approximate surface area is 397 Å². The highest BCUT2D eigenvalue weighted by Gasteiger charge is 2.55. The van der Waals surface area contributed by atoms with E-state index in [0.29, 0.717) is 32.5 Å². The van der Waals surface area contributed by atoms with Gasteiger partial charge in [-0.15, -0.1) is 0 Å². The number of ether oxygens (including phenoxy) is 12. The van der Waals surface area contributed by atoms with Crippen molar-refractivity contribution in [3.8, 4) is 23.0 Å². The zero-order valence-corrected chi connectivity index (χ0v) is 41.4. The van der Waals surface area contributed by atoms with Gasteiger partial charge in [-0.1, -0.05) is 104 Å². The lowest BCUT2D eigenvalue weighted by atomic mass is 9.68. The average molecular weight is 925 g/mol. The molecular formula is C55H72O12. The van der Waals surface area contributed by atoms with E-state index in [0.717, 1.165) is 45.3 Å². The molecule has 4 aromatic carbocycles. The zero-order valence-electron chi connectivity index (χ0n) is 41.4.